The van der Waals surface area contributed by atoms with Gasteiger partial charge in [-0.15, -0.1) is 0 Å². The van der Waals surface area contributed by atoms with Gasteiger partial charge in [0.25, 0.3) is 0 Å². The van der Waals surface area contributed by atoms with Gasteiger partial charge in [-0.1, -0.05) is 66.3 Å². The molecule has 7 heteroatoms. The summed E-state index contributed by atoms with van der Waals surface area (Å²) < 4.78 is 5.92. The van der Waals surface area contributed by atoms with E-state index in [0.717, 1.165) is 31.3 Å². The first-order valence-electron chi connectivity index (χ1n) is 11.5. The highest BCUT2D eigenvalue weighted by Crippen LogP contribution is 2.32. The minimum atomic E-state index is 0.0852. The molecule has 0 aliphatic carbocycles. The molecular formula is C24H44N4O2S. The van der Waals surface area contributed by atoms with Gasteiger partial charge in [0.2, 0.25) is 0 Å². The van der Waals surface area contributed by atoms with Crippen molar-refractivity contribution in [1.82, 2.24) is 16.0 Å². The van der Waals surface area contributed by atoms with Gasteiger partial charge >= 0.3 is 0 Å². The van der Waals surface area contributed by atoms with Crippen molar-refractivity contribution in [2.45, 2.75) is 85.9 Å². The largest absolute Gasteiger partial charge is 0.473 e. The zero-order valence-electron chi connectivity index (χ0n) is 20.7. The lowest BCUT2D eigenvalue weighted by atomic mass is 9.94. The number of allylic oxidation sites excluding steroid dienone is 3. The van der Waals surface area contributed by atoms with Crippen molar-refractivity contribution in [3.05, 3.63) is 35.3 Å². The summed E-state index contributed by atoms with van der Waals surface area (Å²) in [5.41, 5.74) is 0.405. The Morgan fingerprint density at radius 3 is 2.42 bits per heavy atom. The molecule has 0 aromatic rings. The fourth-order valence-electron chi connectivity index (χ4n) is 2.67. The highest BCUT2D eigenvalue weighted by atomic mass is 32.2. The summed E-state index contributed by atoms with van der Waals surface area (Å²) in [5.74, 6) is 1.40. The fraction of sp³-hybridized carbons (Fsp3) is 0.667. The van der Waals surface area contributed by atoms with Crippen LogP contribution in [0.5, 0.6) is 0 Å². The average Bonchev–Trinajstić information content (AvgIpc) is 3.46. The Labute approximate surface area is 194 Å². The maximum atomic E-state index is 9.99. The van der Waals surface area contributed by atoms with E-state index in [2.05, 4.69) is 47.9 Å². The molecule has 3 unspecified atom stereocenters. The van der Waals surface area contributed by atoms with Gasteiger partial charge in [0.05, 0.1) is 0 Å². The second-order valence-electron chi connectivity index (χ2n) is 7.72. The van der Waals surface area contributed by atoms with E-state index in [1.807, 2.05) is 65.0 Å². The number of nitrogens with one attached hydrogen (secondary N) is 3. The molecule has 0 fully saturated rings. The molecular weight excluding hydrogens is 408 g/mol. The van der Waals surface area contributed by atoms with Crippen molar-refractivity contribution in [1.29, 1.82) is 0 Å². The second kappa shape index (κ2) is 16.9. The van der Waals surface area contributed by atoms with Crippen LogP contribution in [0.4, 0.5) is 0 Å². The van der Waals surface area contributed by atoms with E-state index in [4.69, 9.17) is 4.74 Å². The van der Waals surface area contributed by atoms with Crippen LogP contribution in [0, 0.1) is 11.3 Å². The van der Waals surface area contributed by atoms with Crippen LogP contribution in [0.15, 0.2) is 40.3 Å². The number of rotatable bonds is 6. The molecule has 0 aromatic carbocycles. The number of ether oxygens (including phenoxy) is 1. The van der Waals surface area contributed by atoms with E-state index in [0.29, 0.717) is 17.8 Å². The number of hydrogen-bond acceptors (Lipinski definition) is 7. The third kappa shape index (κ3) is 12.0. The molecule has 0 saturated heterocycles. The monoisotopic (exact) mass is 452 g/mol. The Morgan fingerprint density at radius 1 is 1.23 bits per heavy atom. The SMILES string of the molecule is CC.CC.CNC1NC=C(CCC2NC=C(C(C)(C)C)O2)S1.O=CCC1C=NC=CC1. The van der Waals surface area contributed by atoms with Crippen LogP contribution >= 0.6 is 11.8 Å². The molecule has 178 valence electrons. The third-order valence-electron chi connectivity index (χ3n) is 4.31. The van der Waals surface area contributed by atoms with Gasteiger partial charge < -0.3 is 20.2 Å². The normalized spacial score (nSPS) is 23.2. The molecule has 3 heterocycles. The molecule has 31 heavy (non-hydrogen) atoms. The van der Waals surface area contributed by atoms with Gasteiger partial charge in [-0.2, -0.15) is 0 Å². The quantitative estimate of drug-likeness (QED) is 0.461. The van der Waals surface area contributed by atoms with E-state index in [-0.39, 0.29) is 11.6 Å². The Kier molecular flexibility index (Phi) is 16.0. The molecule has 6 nitrogen and oxygen atoms in total. The predicted molar refractivity (Wildman–Crippen MR) is 136 cm³/mol. The third-order valence-corrected chi connectivity index (χ3v) is 5.55. The summed E-state index contributed by atoms with van der Waals surface area (Å²) in [7, 11) is 1.96. The van der Waals surface area contributed by atoms with Crippen LogP contribution in [-0.4, -0.2) is 31.3 Å². The van der Waals surface area contributed by atoms with E-state index in [1.54, 1.807) is 6.20 Å². The summed E-state index contributed by atoms with van der Waals surface area (Å²) in [6.07, 6.45) is 14.3. The van der Waals surface area contributed by atoms with E-state index in [1.165, 1.54) is 4.91 Å². The van der Waals surface area contributed by atoms with Crippen LogP contribution < -0.4 is 16.0 Å². The summed E-state index contributed by atoms with van der Waals surface area (Å²) in [4.78, 5) is 15.3. The van der Waals surface area contributed by atoms with Crippen molar-refractivity contribution in [3.63, 3.8) is 0 Å². The van der Waals surface area contributed by atoms with Crippen molar-refractivity contribution in [2.24, 2.45) is 16.3 Å². The molecule has 0 saturated carbocycles. The summed E-state index contributed by atoms with van der Waals surface area (Å²) in [6, 6.07) is 0. The average molecular weight is 453 g/mol. The maximum absolute atomic E-state index is 9.99. The van der Waals surface area contributed by atoms with E-state index >= 15 is 0 Å². The topological polar surface area (TPSA) is 74.8 Å². The van der Waals surface area contributed by atoms with Crippen LogP contribution in [0.1, 0.15) is 74.1 Å². The highest BCUT2D eigenvalue weighted by molar-refractivity contribution is 8.03. The molecule has 0 radical (unpaired) electrons. The molecule has 0 amide bonds. The number of aliphatic imine (C=N–C) groups is 1. The molecule has 3 rings (SSSR count). The number of thioether (sulfide) groups is 1. The van der Waals surface area contributed by atoms with Gasteiger partial charge in [0.1, 0.15) is 17.5 Å². The van der Waals surface area contributed by atoms with Gasteiger partial charge in [-0.05, 0) is 19.9 Å². The Hall–Kier alpha value is -1.73. The zero-order chi connectivity index (χ0) is 23.7. The van der Waals surface area contributed by atoms with Gasteiger partial charge in [0, 0.05) is 53.9 Å². The van der Waals surface area contributed by atoms with Gasteiger partial charge in [-0.3, -0.25) is 10.3 Å². The van der Waals surface area contributed by atoms with Gasteiger partial charge in [-0.25, -0.2) is 0 Å². The van der Waals surface area contributed by atoms with Crippen LogP contribution in [0.25, 0.3) is 0 Å². The first-order chi connectivity index (χ1) is 14.9. The number of nitrogens with zero attached hydrogens (tertiary/aromatic N) is 1. The highest BCUT2D eigenvalue weighted by Gasteiger charge is 2.27. The van der Waals surface area contributed by atoms with Gasteiger partial charge in [0.15, 0.2) is 6.23 Å². The van der Waals surface area contributed by atoms with Crippen molar-refractivity contribution < 1.29 is 9.53 Å². The van der Waals surface area contributed by atoms with Crippen LogP contribution in [0.3, 0.4) is 0 Å². The molecule has 3 aliphatic heterocycles. The molecule has 3 N–H and O–H groups in total. The first kappa shape index (κ1) is 29.3. The summed E-state index contributed by atoms with van der Waals surface area (Å²) >= 11 is 1.84. The molecule has 0 bridgehead atoms. The zero-order valence-corrected chi connectivity index (χ0v) is 21.5. The predicted octanol–water partition coefficient (Wildman–Crippen LogP) is 5.51. The number of carbonyl (C=O) groups is 1. The molecule has 0 aromatic heterocycles. The fourth-order valence-corrected chi connectivity index (χ4v) is 3.60. The molecule has 3 aliphatic rings. The van der Waals surface area contributed by atoms with E-state index < -0.39 is 0 Å². The minimum Gasteiger partial charge on any atom is -0.473 e. The van der Waals surface area contributed by atoms with Crippen molar-refractivity contribution >= 4 is 24.3 Å². The number of aldehydes is 1. The smallest absolute Gasteiger partial charge is 0.169 e. The van der Waals surface area contributed by atoms with Crippen LogP contribution in [0.2, 0.25) is 0 Å². The Morgan fingerprint density at radius 2 is 1.94 bits per heavy atom. The molecule has 3 atom stereocenters. The van der Waals surface area contributed by atoms with E-state index in [9.17, 15) is 4.79 Å². The Bertz CT molecular complexity index is 607. The lowest BCUT2D eigenvalue weighted by Gasteiger charge is -2.21. The number of hydrogen-bond donors (Lipinski definition) is 3. The van der Waals surface area contributed by atoms with Crippen molar-refractivity contribution in [2.75, 3.05) is 7.05 Å². The first-order valence-corrected chi connectivity index (χ1v) is 12.3. The lowest BCUT2D eigenvalue weighted by molar-refractivity contribution is -0.108. The minimum absolute atomic E-state index is 0.0852. The lowest BCUT2D eigenvalue weighted by Crippen LogP contribution is -2.30. The maximum Gasteiger partial charge on any atom is 0.169 e. The standard InChI is InChI=1S/C13H23N3OS.C7H9NO.2C2H6/c1-13(2,3)10-8-15-11(17-10)6-5-9-7-16-12(14-4)18-9;9-5-3-7-2-1-4-8-6-7;2*1-2/h7-8,11-12,14-16H,5-6H2,1-4H3;1,4-7H,2-3H2;2*1-2H3. The summed E-state index contributed by atoms with van der Waals surface area (Å²) in [5, 5.41) is 9.78. The van der Waals surface area contributed by atoms with Crippen molar-refractivity contribution in [3.8, 4) is 0 Å². The Balaban J connectivity index is 0.000000582. The van der Waals surface area contributed by atoms with Crippen LogP contribution in [-0.2, 0) is 9.53 Å². The number of carbonyl (C=O) groups excluding carboxylic acids is 1. The second-order valence-corrected chi connectivity index (χ2v) is 8.95. The summed E-state index contributed by atoms with van der Waals surface area (Å²) in [6.45, 7) is 14.5. The molecule has 0 spiro atoms.